The Morgan fingerprint density at radius 3 is 2.78 bits per heavy atom. The first-order valence-corrected chi connectivity index (χ1v) is 5.65. The Hall–Kier alpha value is -2.27. The molecule has 18 heavy (non-hydrogen) atoms. The molecule has 0 fully saturated rings. The fourth-order valence-corrected chi connectivity index (χ4v) is 1.60. The standard InChI is InChI=1S/C13H14N4O/c14-5-4-10-2-1-3-11(6-10)13(18)17-12-7-15-9-16-8-12/h1-3,6-9H,4-5,14H2,(H,17,18). The van der Waals surface area contributed by atoms with E-state index < -0.39 is 0 Å². The normalized spacial score (nSPS) is 10.1. The third kappa shape index (κ3) is 3.11. The van der Waals surface area contributed by atoms with Gasteiger partial charge in [0.15, 0.2) is 0 Å². The summed E-state index contributed by atoms with van der Waals surface area (Å²) in [6.45, 7) is 0.567. The highest BCUT2D eigenvalue weighted by atomic mass is 16.1. The molecule has 0 radical (unpaired) electrons. The highest BCUT2D eigenvalue weighted by Crippen LogP contribution is 2.09. The fraction of sp³-hybridized carbons (Fsp3) is 0.154. The second kappa shape index (κ2) is 5.88. The van der Waals surface area contributed by atoms with Gasteiger partial charge in [0.05, 0.1) is 18.1 Å². The summed E-state index contributed by atoms with van der Waals surface area (Å²) in [5.41, 5.74) is 7.72. The fourth-order valence-electron chi connectivity index (χ4n) is 1.60. The van der Waals surface area contributed by atoms with E-state index in [1.54, 1.807) is 18.5 Å². The van der Waals surface area contributed by atoms with E-state index in [1.165, 1.54) is 6.33 Å². The van der Waals surface area contributed by atoms with Gasteiger partial charge in [0, 0.05) is 5.56 Å². The van der Waals surface area contributed by atoms with E-state index in [1.807, 2.05) is 18.2 Å². The summed E-state index contributed by atoms with van der Waals surface area (Å²) in [6.07, 6.45) is 5.27. The van der Waals surface area contributed by atoms with Crippen LogP contribution in [0.5, 0.6) is 0 Å². The van der Waals surface area contributed by atoms with Crippen molar-refractivity contribution >= 4 is 11.6 Å². The number of carbonyl (C=O) groups excluding carboxylic acids is 1. The molecule has 0 unspecified atom stereocenters. The van der Waals surface area contributed by atoms with Crippen LogP contribution < -0.4 is 11.1 Å². The molecule has 0 aliphatic heterocycles. The Labute approximate surface area is 105 Å². The largest absolute Gasteiger partial charge is 0.330 e. The summed E-state index contributed by atoms with van der Waals surface area (Å²) in [5, 5.41) is 2.73. The van der Waals surface area contributed by atoms with Gasteiger partial charge in [-0.25, -0.2) is 9.97 Å². The molecule has 5 nitrogen and oxygen atoms in total. The number of nitrogens with one attached hydrogen (secondary N) is 1. The summed E-state index contributed by atoms with van der Waals surface area (Å²) in [6, 6.07) is 7.40. The summed E-state index contributed by atoms with van der Waals surface area (Å²) in [7, 11) is 0. The first-order chi connectivity index (χ1) is 8.79. The van der Waals surface area contributed by atoms with Crippen LogP contribution in [0.2, 0.25) is 0 Å². The van der Waals surface area contributed by atoms with Gasteiger partial charge in [-0.3, -0.25) is 4.79 Å². The van der Waals surface area contributed by atoms with E-state index in [4.69, 9.17) is 5.73 Å². The quantitative estimate of drug-likeness (QED) is 0.845. The minimum atomic E-state index is -0.177. The van der Waals surface area contributed by atoms with Gasteiger partial charge in [-0.2, -0.15) is 0 Å². The first-order valence-electron chi connectivity index (χ1n) is 5.65. The van der Waals surface area contributed by atoms with Crippen molar-refractivity contribution in [3.8, 4) is 0 Å². The van der Waals surface area contributed by atoms with Crippen molar-refractivity contribution in [2.45, 2.75) is 6.42 Å². The van der Waals surface area contributed by atoms with Crippen molar-refractivity contribution in [2.75, 3.05) is 11.9 Å². The molecular weight excluding hydrogens is 228 g/mol. The maximum atomic E-state index is 12.0. The number of nitrogens with two attached hydrogens (primary N) is 1. The number of rotatable bonds is 4. The Bertz CT molecular complexity index is 528. The van der Waals surface area contributed by atoms with Gasteiger partial charge in [0.25, 0.3) is 5.91 Å². The van der Waals surface area contributed by atoms with E-state index in [0.717, 1.165) is 12.0 Å². The average Bonchev–Trinajstić information content (AvgIpc) is 2.40. The number of benzene rings is 1. The highest BCUT2D eigenvalue weighted by Gasteiger charge is 2.06. The molecule has 2 rings (SSSR count). The van der Waals surface area contributed by atoms with E-state index in [0.29, 0.717) is 17.8 Å². The van der Waals surface area contributed by atoms with Crippen molar-refractivity contribution in [3.63, 3.8) is 0 Å². The van der Waals surface area contributed by atoms with E-state index >= 15 is 0 Å². The average molecular weight is 242 g/mol. The van der Waals surface area contributed by atoms with Crippen molar-refractivity contribution in [2.24, 2.45) is 5.73 Å². The zero-order chi connectivity index (χ0) is 12.8. The number of anilines is 1. The molecule has 1 heterocycles. The smallest absolute Gasteiger partial charge is 0.255 e. The maximum Gasteiger partial charge on any atom is 0.255 e. The Morgan fingerprint density at radius 1 is 1.28 bits per heavy atom. The molecule has 1 aromatic carbocycles. The van der Waals surface area contributed by atoms with Crippen LogP contribution in [0.3, 0.4) is 0 Å². The van der Waals surface area contributed by atoms with Crippen LogP contribution in [0.15, 0.2) is 43.0 Å². The molecule has 1 aromatic heterocycles. The first kappa shape index (κ1) is 12.2. The second-order valence-electron chi connectivity index (χ2n) is 3.82. The Balaban J connectivity index is 2.11. The van der Waals surface area contributed by atoms with Gasteiger partial charge in [0.2, 0.25) is 0 Å². The maximum absolute atomic E-state index is 12.0. The van der Waals surface area contributed by atoms with Gasteiger partial charge in [-0.1, -0.05) is 12.1 Å². The predicted molar refractivity (Wildman–Crippen MR) is 69.2 cm³/mol. The van der Waals surface area contributed by atoms with Gasteiger partial charge < -0.3 is 11.1 Å². The molecule has 1 amide bonds. The number of aromatic nitrogens is 2. The zero-order valence-corrected chi connectivity index (χ0v) is 9.84. The molecule has 0 aliphatic rings. The van der Waals surface area contributed by atoms with Crippen molar-refractivity contribution < 1.29 is 4.79 Å². The number of carbonyl (C=O) groups is 1. The van der Waals surface area contributed by atoms with Crippen molar-refractivity contribution in [1.82, 2.24) is 9.97 Å². The monoisotopic (exact) mass is 242 g/mol. The third-order valence-electron chi connectivity index (χ3n) is 2.44. The molecule has 0 atom stereocenters. The predicted octanol–water partition coefficient (Wildman–Crippen LogP) is 1.23. The lowest BCUT2D eigenvalue weighted by molar-refractivity contribution is 0.102. The molecule has 2 aromatic rings. The summed E-state index contributed by atoms with van der Waals surface area (Å²) < 4.78 is 0. The van der Waals surface area contributed by atoms with Crippen LogP contribution in [0.1, 0.15) is 15.9 Å². The number of amides is 1. The van der Waals surface area contributed by atoms with Crippen LogP contribution in [0.25, 0.3) is 0 Å². The summed E-state index contributed by atoms with van der Waals surface area (Å²) in [4.78, 5) is 19.6. The minimum absolute atomic E-state index is 0.177. The number of hydrogen-bond donors (Lipinski definition) is 2. The van der Waals surface area contributed by atoms with Gasteiger partial charge >= 0.3 is 0 Å². The highest BCUT2D eigenvalue weighted by molar-refractivity contribution is 6.04. The number of nitrogens with zero attached hydrogens (tertiary/aromatic N) is 2. The Morgan fingerprint density at radius 2 is 2.06 bits per heavy atom. The van der Waals surface area contributed by atoms with Gasteiger partial charge in [0.1, 0.15) is 6.33 Å². The molecule has 0 aliphatic carbocycles. The van der Waals surface area contributed by atoms with Crippen LogP contribution in [-0.4, -0.2) is 22.4 Å². The molecule has 0 spiro atoms. The van der Waals surface area contributed by atoms with Crippen LogP contribution in [0, 0.1) is 0 Å². The zero-order valence-electron chi connectivity index (χ0n) is 9.84. The van der Waals surface area contributed by atoms with E-state index in [-0.39, 0.29) is 5.91 Å². The lowest BCUT2D eigenvalue weighted by atomic mass is 10.1. The van der Waals surface area contributed by atoms with Crippen molar-refractivity contribution in [3.05, 3.63) is 54.1 Å². The minimum Gasteiger partial charge on any atom is -0.330 e. The summed E-state index contributed by atoms with van der Waals surface area (Å²) >= 11 is 0. The van der Waals surface area contributed by atoms with Gasteiger partial charge in [-0.15, -0.1) is 0 Å². The van der Waals surface area contributed by atoms with E-state index in [9.17, 15) is 4.79 Å². The third-order valence-corrected chi connectivity index (χ3v) is 2.44. The SMILES string of the molecule is NCCc1cccc(C(=O)Nc2cncnc2)c1. The molecule has 3 N–H and O–H groups in total. The van der Waals surface area contributed by atoms with Crippen molar-refractivity contribution in [1.29, 1.82) is 0 Å². The van der Waals surface area contributed by atoms with Crippen LogP contribution >= 0.6 is 0 Å². The molecule has 0 saturated carbocycles. The molecule has 92 valence electrons. The lowest BCUT2D eigenvalue weighted by Gasteiger charge is -2.05. The van der Waals surface area contributed by atoms with E-state index in [2.05, 4.69) is 15.3 Å². The molecule has 5 heteroatoms. The van der Waals surface area contributed by atoms with Crippen LogP contribution in [0.4, 0.5) is 5.69 Å². The molecular formula is C13H14N4O. The second-order valence-corrected chi connectivity index (χ2v) is 3.82. The topological polar surface area (TPSA) is 80.9 Å². The summed E-state index contributed by atoms with van der Waals surface area (Å²) in [5.74, 6) is -0.177. The molecule has 0 bridgehead atoms. The Kier molecular flexibility index (Phi) is 3.98. The lowest BCUT2D eigenvalue weighted by Crippen LogP contribution is -2.13. The molecule has 0 saturated heterocycles. The number of hydrogen-bond acceptors (Lipinski definition) is 4. The van der Waals surface area contributed by atoms with Gasteiger partial charge in [-0.05, 0) is 30.7 Å². The van der Waals surface area contributed by atoms with Crippen LogP contribution in [-0.2, 0) is 6.42 Å².